The highest BCUT2D eigenvalue weighted by atomic mass is 16.4. The minimum Gasteiger partial charge on any atom is -0.478 e. The fourth-order valence-corrected chi connectivity index (χ4v) is 1.53. The number of rotatable bonds is 2. The van der Waals surface area contributed by atoms with Crippen molar-refractivity contribution in [3.05, 3.63) is 35.5 Å². The van der Waals surface area contributed by atoms with Crippen LogP contribution in [0.4, 0.5) is 5.82 Å². The molecule has 1 aliphatic rings. The maximum Gasteiger partial charge on any atom is 0.339 e. The summed E-state index contributed by atoms with van der Waals surface area (Å²) in [7, 11) is 0. The van der Waals surface area contributed by atoms with Crippen LogP contribution < -0.4 is 4.90 Å². The zero-order valence-electron chi connectivity index (χ0n) is 8.88. The van der Waals surface area contributed by atoms with E-state index in [4.69, 9.17) is 5.11 Å². The minimum atomic E-state index is -1.24. The van der Waals surface area contributed by atoms with Crippen LogP contribution in [-0.2, 0) is 9.59 Å². The lowest BCUT2D eigenvalue weighted by atomic mass is 10.2. The van der Waals surface area contributed by atoms with E-state index in [0.717, 1.165) is 11.0 Å². The fourth-order valence-electron chi connectivity index (χ4n) is 1.53. The molecular formula is C11H8N2O4. The Morgan fingerprint density at radius 3 is 2.65 bits per heavy atom. The van der Waals surface area contributed by atoms with Crippen LogP contribution in [0.5, 0.6) is 0 Å². The number of carboxylic acids is 1. The Balaban J connectivity index is 2.53. The summed E-state index contributed by atoms with van der Waals surface area (Å²) in [5.41, 5.74) is 0.0780. The zero-order valence-corrected chi connectivity index (χ0v) is 8.88. The summed E-state index contributed by atoms with van der Waals surface area (Å²) >= 11 is 0. The molecule has 2 amide bonds. The Hall–Kier alpha value is -2.50. The van der Waals surface area contributed by atoms with Gasteiger partial charge in [0.15, 0.2) is 5.82 Å². The van der Waals surface area contributed by atoms with E-state index in [1.807, 2.05) is 0 Å². The smallest absolute Gasteiger partial charge is 0.339 e. The van der Waals surface area contributed by atoms with Gasteiger partial charge in [0.25, 0.3) is 11.8 Å². The standard InChI is InChI=1S/C11H8N2O4/c1-6-5-8(14)13(10(6)15)9-7(11(16)17)3-2-4-12-9/h2-5H,1H3,(H,16,17). The van der Waals surface area contributed by atoms with E-state index >= 15 is 0 Å². The lowest BCUT2D eigenvalue weighted by Gasteiger charge is -2.14. The van der Waals surface area contributed by atoms with Gasteiger partial charge in [-0.2, -0.15) is 0 Å². The number of carbonyl (C=O) groups is 3. The van der Waals surface area contributed by atoms with Crippen molar-refractivity contribution < 1.29 is 19.5 Å². The number of carboxylic acid groups (broad SMARTS) is 1. The number of pyridine rings is 1. The second kappa shape index (κ2) is 3.82. The molecule has 0 saturated carbocycles. The molecule has 0 saturated heterocycles. The van der Waals surface area contributed by atoms with Crippen LogP contribution in [0.15, 0.2) is 30.0 Å². The van der Waals surface area contributed by atoms with Crippen molar-refractivity contribution in [3.8, 4) is 0 Å². The molecule has 0 radical (unpaired) electrons. The topological polar surface area (TPSA) is 87.6 Å². The molecule has 2 heterocycles. The highest BCUT2D eigenvalue weighted by Gasteiger charge is 2.33. The van der Waals surface area contributed by atoms with Gasteiger partial charge < -0.3 is 5.11 Å². The average Bonchev–Trinajstić information content (AvgIpc) is 2.53. The van der Waals surface area contributed by atoms with Crippen LogP contribution >= 0.6 is 0 Å². The number of aromatic nitrogens is 1. The van der Waals surface area contributed by atoms with E-state index < -0.39 is 17.8 Å². The average molecular weight is 232 g/mol. The van der Waals surface area contributed by atoms with Crippen LogP contribution in [0, 0.1) is 0 Å². The van der Waals surface area contributed by atoms with Crippen LogP contribution in [0.25, 0.3) is 0 Å². The van der Waals surface area contributed by atoms with Gasteiger partial charge >= 0.3 is 5.97 Å². The lowest BCUT2D eigenvalue weighted by Crippen LogP contribution is -2.32. The van der Waals surface area contributed by atoms with E-state index in [9.17, 15) is 14.4 Å². The predicted octanol–water partition coefficient (Wildman–Crippen LogP) is 0.599. The second-order valence-corrected chi connectivity index (χ2v) is 3.49. The van der Waals surface area contributed by atoms with Gasteiger partial charge in [-0.1, -0.05) is 0 Å². The van der Waals surface area contributed by atoms with E-state index in [0.29, 0.717) is 0 Å². The third kappa shape index (κ3) is 1.69. The lowest BCUT2D eigenvalue weighted by molar-refractivity contribution is -0.120. The number of imide groups is 1. The van der Waals surface area contributed by atoms with Crippen molar-refractivity contribution in [2.24, 2.45) is 0 Å². The molecule has 0 spiro atoms. The fraction of sp³-hybridized carbons (Fsp3) is 0.0909. The highest BCUT2D eigenvalue weighted by Crippen LogP contribution is 2.23. The maximum atomic E-state index is 11.7. The zero-order chi connectivity index (χ0) is 12.6. The van der Waals surface area contributed by atoms with Crippen LogP contribution in [0.3, 0.4) is 0 Å². The summed E-state index contributed by atoms with van der Waals surface area (Å²) in [5, 5.41) is 8.96. The monoisotopic (exact) mass is 232 g/mol. The molecule has 0 aliphatic carbocycles. The number of aromatic carboxylic acids is 1. The predicted molar refractivity (Wildman–Crippen MR) is 57.4 cm³/mol. The van der Waals surface area contributed by atoms with Gasteiger partial charge in [-0.05, 0) is 19.1 Å². The summed E-state index contributed by atoms with van der Waals surface area (Å²) < 4.78 is 0. The van der Waals surface area contributed by atoms with E-state index in [2.05, 4.69) is 4.98 Å². The summed E-state index contributed by atoms with van der Waals surface area (Å²) in [4.78, 5) is 38.8. The molecular weight excluding hydrogens is 224 g/mol. The molecule has 1 aliphatic heterocycles. The quantitative estimate of drug-likeness (QED) is 0.754. The van der Waals surface area contributed by atoms with E-state index in [1.165, 1.54) is 25.3 Å². The summed E-state index contributed by atoms with van der Waals surface area (Å²) in [6, 6.07) is 2.72. The molecule has 0 fully saturated rings. The first-order valence-electron chi connectivity index (χ1n) is 4.77. The van der Waals surface area contributed by atoms with Gasteiger partial charge in [-0.3, -0.25) is 9.59 Å². The Bertz CT molecular complexity index is 562. The van der Waals surface area contributed by atoms with Crippen LogP contribution in [-0.4, -0.2) is 27.9 Å². The SMILES string of the molecule is CC1=CC(=O)N(c2ncccc2C(=O)O)C1=O. The maximum absolute atomic E-state index is 11.7. The largest absolute Gasteiger partial charge is 0.478 e. The van der Waals surface area contributed by atoms with Crippen molar-refractivity contribution in [3.63, 3.8) is 0 Å². The Kier molecular flexibility index (Phi) is 2.47. The first-order valence-corrected chi connectivity index (χ1v) is 4.77. The molecule has 86 valence electrons. The number of nitrogens with zero attached hydrogens (tertiary/aromatic N) is 2. The summed E-state index contributed by atoms with van der Waals surface area (Å²) in [6.07, 6.45) is 2.48. The molecule has 0 unspecified atom stereocenters. The Morgan fingerprint density at radius 1 is 1.41 bits per heavy atom. The van der Waals surface area contributed by atoms with Crippen molar-refractivity contribution >= 4 is 23.6 Å². The van der Waals surface area contributed by atoms with Crippen molar-refractivity contribution in [1.29, 1.82) is 0 Å². The number of carbonyl (C=O) groups excluding carboxylic acids is 2. The minimum absolute atomic E-state index is 0.150. The van der Waals surface area contributed by atoms with Crippen molar-refractivity contribution in [2.75, 3.05) is 4.90 Å². The van der Waals surface area contributed by atoms with Gasteiger partial charge in [0.05, 0.1) is 0 Å². The second-order valence-electron chi connectivity index (χ2n) is 3.49. The van der Waals surface area contributed by atoms with E-state index in [-0.39, 0.29) is 17.0 Å². The highest BCUT2D eigenvalue weighted by molar-refractivity contribution is 6.30. The first kappa shape index (κ1) is 11.0. The van der Waals surface area contributed by atoms with Gasteiger partial charge in [0.2, 0.25) is 0 Å². The molecule has 1 aromatic heterocycles. The van der Waals surface area contributed by atoms with E-state index in [1.54, 1.807) is 0 Å². The third-order valence-corrected chi connectivity index (χ3v) is 2.33. The Labute approximate surface area is 96.2 Å². The van der Waals surface area contributed by atoms with Gasteiger partial charge in [0, 0.05) is 17.8 Å². The first-order chi connectivity index (χ1) is 8.02. The summed E-state index contributed by atoms with van der Waals surface area (Å²) in [5.74, 6) is -2.51. The normalized spacial score (nSPS) is 15.1. The van der Waals surface area contributed by atoms with Crippen LogP contribution in [0.1, 0.15) is 17.3 Å². The van der Waals surface area contributed by atoms with Crippen LogP contribution in [0.2, 0.25) is 0 Å². The molecule has 0 atom stereocenters. The molecule has 1 aromatic rings. The van der Waals surface area contributed by atoms with Crippen molar-refractivity contribution in [1.82, 2.24) is 4.98 Å². The molecule has 1 N–H and O–H groups in total. The number of amides is 2. The Morgan fingerprint density at radius 2 is 2.12 bits per heavy atom. The summed E-state index contributed by atoms with van der Waals surface area (Å²) in [6.45, 7) is 1.49. The number of hydrogen-bond acceptors (Lipinski definition) is 4. The molecule has 0 aromatic carbocycles. The number of hydrogen-bond donors (Lipinski definition) is 1. The van der Waals surface area contributed by atoms with Gasteiger partial charge in [0.1, 0.15) is 5.56 Å². The number of anilines is 1. The molecule has 17 heavy (non-hydrogen) atoms. The molecule has 2 rings (SSSR count). The third-order valence-electron chi connectivity index (χ3n) is 2.33. The molecule has 6 nitrogen and oxygen atoms in total. The molecule has 6 heteroatoms. The molecule has 0 bridgehead atoms. The van der Waals surface area contributed by atoms with Gasteiger partial charge in [-0.15, -0.1) is 0 Å². The van der Waals surface area contributed by atoms with Crippen molar-refractivity contribution in [2.45, 2.75) is 6.92 Å². The van der Waals surface area contributed by atoms with Gasteiger partial charge in [-0.25, -0.2) is 14.7 Å².